The second-order valence-corrected chi connectivity index (χ2v) is 4.76. The van der Waals surface area contributed by atoms with Crippen LogP contribution in [-0.4, -0.2) is 10.2 Å². The minimum absolute atomic E-state index is 0.538. The second-order valence-electron chi connectivity index (χ2n) is 3.53. The van der Waals surface area contributed by atoms with Crippen molar-refractivity contribution in [2.75, 3.05) is 0 Å². The van der Waals surface area contributed by atoms with E-state index in [4.69, 9.17) is 0 Å². The van der Waals surface area contributed by atoms with Gasteiger partial charge < -0.3 is 0 Å². The summed E-state index contributed by atoms with van der Waals surface area (Å²) < 4.78 is 0. The van der Waals surface area contributed by atoms with Crippen LogP contribution in [0.25, 0.3) is 11.3 Å². The lowest BCUT2D eigenvalue weighted by Gasteiger charge is -2.03. The predicted molar refractivity (Wildman–Crippen MR) is 63.2 cm³/mol. The molecule has 0 aromatic carbocycles. The fourth-order valence-electron chi connectivity index (χ4n) is 1.41. The first-order chi connectivity index (χ1) is 6.68. The predicted octanol–water partition coefficient (Wildman–Crippen LogP) is 3.55. The summed E-state index contributed by atoms with van der Waals surface area (Å²) in [4.78, 5) is 0. The smallest absolute Gasteiger partial charge is 0.0943 e. The molecule has 0 spiro atoms. The Balaban J connectivity index is 2.46. The van der Waals surface area contributed by atoms with E-state index in [-0.39, 0.29) is 0 Å². The van der Waals surface area contributed by atoms with Crippen molar-refractivity contribution in [2.24, 2.45) is 0 Å². The molecule has 0 aliphatic heterocycles. The maximum absolute atomic E-state index is 4.21. The molecule has 0 aliphatic carbocycles. The number of hydrogen-bond donors (Lipinski definition) is 2. The fraction of sp³-hybridized carbons (Fsp3) is 0.300. The van der Waals surface area contributed by atoms with E-state index in [1.54, 1.807) is 11.3 Å². The van der Waals surface area contributed by atoms with Gasteiger partial charge in [0.1, 0.15) is 0 Å². The van der Waals surface area contributed by atoms with Crippen LogP contribution in [0.2, 0.25) is 0 Å². The molecule has 0 saturated heterocycles. The second kappa shape index (κ2) is 3.79. The Labute approximate surface area is 92.8 Å². The zero-order valence-corrected chi connectivity index (χ0v) is 9.82. The van der Waals surface area contributed by atoms with Gasteiger partial charge in [0.25, 0.3) is 0 Å². The Morgan fingerprint density at radius 1 is 1.43 bits per heavy atom. The average Bonchev–Trinajstić information content (AvgIpc) is 2.70. The highest BCUT2D eigenvalue weighted by molar-refractivity contribution is 7.80. The molecular weight excluding hydrogens is 212 g/mol. The molecular formula is C10H12N2S2. The molecule has 2 heterocycles. The van der Waals surface area contributed by atoms with Crippen LogP contribution in [0.15, 0.2) is 21.9 Å². The summed E-state index contributed by atoms with van der Waals surface area (Å²) in [5.41, 5.74) is 3.57. The summed E-state index contributed by atoms with van der Waals surface area (Å²) in [5.74, 6) is 0.538. The number of hydrogen-bond acceptors (Lipinski definition) is 3. The third-order valence-electron chi connectivity index (χ3n) is 2.15. The molecule has 1 N–H and O–H groups in total. The van der Waals surface area contributed by atoms with Crippen LogP contribution in [0.5, 0.6) is 0 Å². The maximum Gasteiger partial charge on any atom is 0.0943 e. The molecule has 74 valence electrons. The van der Waals surface area contributed by atoms with Gasteiger partial charge in [0.05, 0.1) is 10.7 Å². The van der Waals surface area contributed by atoms with Crippen molar-refractivity contribution in [3.05, 3.63) is 22.4 Å². The largest absolute Gasteiger partial charge is 0.272 e. The van der Waals surface area contributed by atoms with Gasteiger partial charge in [-0.3, -0.25) is 5.10 Å². The van der Waals surface area contributed by atoms with Crippen molar-refractivity contribution < 1.29 is 0 Å². The summed E-state index contributed by atoms with van der Waals surface area (Å²) in [7, 11) is 0. The van der Waals surface area contributed by atoms with Crippen LogP contribution in [-0.2, 0) is 0 Å². The van der Waals surface area contributed by atoms with Crippen LogP contribution in [0.3, 0.4) is 0 Å². The minimum atomic E-state index is 0.538. The Kier molecular flexibility index (Phi) is 2.65. The number of aromatic amines is 1. The van der Waals surface area contributed by atoms with Crippen molar-refractivity contribution in [2.45, 2.75) is 24.8 Å². The number of aromatic nitrogens is 2. The van der Waals surface area contributed by atoms with Crippen LogP contribution in [0, 0.1) is 0 Å². The molecule has 14 heavy (non-hydrogen) atoms. The molecule has 0 bridgehead atoms. The molecule has 0 aliphatic rings. The molecule has 2 aromatic rings. The highest BCUT2D eigenvalue weighted by Crippen LogP contribution is 2.31. The number of nitrogens with zero attached hydrogens (tertiary/aromatic N) is 1. The fourth-order valence-corrected chi connectivity index (χ4v) is 2.59. The number of thiophene rings is 1. The van der Waals surface area contributed by atoms with Gasteiger partial charge in [-0.25, -0.2) is 0 Å². The summed E-state index contributed by atoms with van der Waals surface area (Å²) in [5, 5.41) is 12.2. The Morgan fingerprint density at radius 3 is 2.79 bits per heavy atom. The number of nitrogens with one attached hydrogen (secondary N) is 1. The maximum atomic E-state index is 4.21. The highest BCUT2D eigenvalue weighted by atomic mass is 32.1. The molecule has 4 heteroatoms. The normalized spacial score (nSPS) is 11.1. The zero-order chi connectivity index (χ0) is 10.1. The lowest BCUT2D eigenvalue weighted by Crippen LogP contribution is -1.87. The van der Waals surface area contributed by atoms with Gasteiger partial charge in [-0.1, -0.05) is 13.8 Å². The van der Waals surface area contributed by atoms with Gasteiger partial charge in [0.15, 0.2) is 0 Å². The van der Waals surface area contributed by atoms with Crippen LogP contribution < -0.4 is 0 Å². The third kappa shape index (κ3) is 1.72. The summed E-state index contributed by atoms with van der Waals surface area (Å²) in [6.45, 7) is 4.39. The van der Waals surface area contributed by atoms with Crippen LogP contribution >= 0.6 is 24.0 Å². The average molecular weight is 224 g/mol. The van der Waals surface area contributed by atoms with Gasteiger partial charge in [0, 0.05) is 10.9 Å². The van der Waals surface area contributed by atoms with E-state index >= 15 is 0 Å². The first-order valence-corrected chi connectivity index (χ1v) is 5.88. The molecule has 0 atom stereocenters. The van der Waals surface area contributed by atoms with Gasteiger partial charge in [-0.15, -0.1) is 12.6 Å². The van der Waals surface area contributed by atoms with Crippen molar-refractivity contribution in [1.82, 2.24) is 10.2 Å². The summed E-state index contributed by atoms with van der Waals surface area (Å²) in [6.07, 6.45) is 0. The zero-order valence-electron chi connectivity index (χ0n) is 8.11. The molecule has 2 nitrogen and oxygen atoms in total. The van der Waals surface area contributed by atoms with E-state index in [1.165, 1.54) is 11.1 Å². The van der Waals surface area contributed by atoms with E-state index in [2.05, 4.69) is 47.4 Å². The third-order valence-corrected chi connectivity index (χ3v) is 3.15. The van der Waals surface area contributed by atoms with E-state index < -0.39 is 0 Å². The standard InChI is InChI=1S/C10H12N2S2/c1-6(2)7-4-14-5-8(7)9-3-10(13)12-11-9/h3-6H,1-2H3,(H2,11,12,13). The quantitative estimate of drug-likeness (QED) is 0.750. The van der Waals surface area contributed by atoms with E-state index in [1.807, 2.05) is 6.07 Å². The van der Waals surface area contributed by atoms with Crippen molar-refractivity contribution in [3.8, 4) is 11.3 Å². The monoisotopic (exact) mass is 224 g/mol. The molecule has 0 unspecified atom stereocenters. The Hall–Kier alpha value is -0.740. The first-order valence-electron chi connectivity index (χ1n) is 4.49. The van der Waals surface area contributed by atoms with Gasteiger partial charge in [-0.05, 0) is 22.9 Å². The van der Waals surface area contributed by atoms with E-state index in [9.17, 15) is 0 Å². The highest BCUT2D eigenvalue weighted by Gasteiger charge is 2.11. The van der Waals surface area contributed by atoms with Gasteiger partial charge in [0.2, 0.25) is 0 Å². The molecule has 0 amide bonds. The molecule has 0 radical (unpaired) electrons. The lowest BCUT2D eigenvalue weighted by molar-refractivity contribution is 0.873. The SMILES string of the molecule is CC(C)c1cscc1-c1cc(S)[nH]n1. The lowest BCUT2D eigenvalue weighted by atomic mass is 10.0. The Bertz CT molecular complexity index is 429. The van der Waals surface area contributed by atoms with Gasteiger partial charge in [-0.2, -0.15) is 16.4 Å². The number of thiol groups is 1. The van der Waals surface area contributed by atoms with Gasteiger partial charge >= 0.3 is 0 Å². The van der Waals surface area contributed by atoms with E-state index in [0.717, 1.165) is 10.7 Å². The van der Waals surface area contributed by atoms with Crippen LogP contribution in [0.1, 0.15) is 25.3 Å². The van der Waals surface area contributed by atoms with Crippen molar-refractivity contribution >= 4 is 24.0 Å². The molecule has 2 aromatic heterocycles. The topological polar surface area (TPSA) is 28.7 Å². The summed E-state index contributed by atoms with van der Waals surface area (Å²) >= 11 is 5.93. The molecule has 2 rings (SSSR count). The Morgan fingerprint density at radius 2 is 2.21 bits per heavy atom. The minimum Gasteiger partial charge on any atom is -0.272 e. The van der Waals surface area contributed by atoms with Crippen LogP contribution in [0.4, 0.5) is 0 Å². The number of H-pyrrole nitrogens is 1. The summed E-state index contributed by atoms with van der Waals surface area (Å²) in [6, 6.07) is 1.96. The van der Waals surface area contributed by atoms with Crippen molar-refractivity contribution in [1.29, 1.82) is 0 Å². The molecule has 0 fully saturated rings. The molecule has 0 saturated carbocycles. The number of rotatable bonds is 2. The van der Waals surface area contributed by atoms with Crippen molar-refractivity contribution in [3.63, 3.8) is 0 Å². The first kappa shape index (κ1) is 9.80. The van der Waals surface area contributed by atoms with E-state index in [0.29, 0.717) is 5.92 Å².